The summed E-state index contributed by atoms with van der Waals surface area (Å²) in [4.78, 5) is 0. The van der Waals surface area contributed by atoms with Crippen molar-refractivity contribution in [3.8, 4) is 11.5 Å². The van der Waals surface area contributed by atoms with Crippen LogP contribution >= 0.6 is 15.9 Å². The molecule has 2 aromatic rings. The van der Waals surface area contributed by atoms with Gasteiger partial charge in [0.15, 0.2) is 29.0 Å². The standard InChI is InChI=1S/C13H4BrF7O/c14-6-3-7(15)8(16)4-11(6)22-12-9(17)1-5(2-10(12)18)13(19,20)21/h1-4H. The third kappa shape index (κ3) is 3.34. The zero-order valence-electron chi connectivity index (χ0n) is 10.2. The molecule has 0 saturated heterocycles. The van der Waals surface area contributed by atoms with E-state index in [2.05, 4.69) is 15.9 Å². The minimum Gasteiger partial charge on any atom is -0.450 e. The van der Waals surface area contributed by atoms with Crippen LogP contribution in [-0.2, 0) is 6.18 Å². The summed E-state index contributed by atoms with van der Waals surface area (Å²) in [5, 5.41) is 0. The van der Waals surface area contributed by atoms with Crippen LogP contribution in [0.2, 0.25) is 0 Å². The average molecular weight is 389 g/mol. The minimum atomic E-state index is -4.94. The van der Waals surface area contributed by atoms with Gasteiger partial charge in [0.1, 0.15) is 5.75 Å². The first-order valence-electron chi connectivity index (χ1n) is 5.48. The van der Waals surface area contributed by atoms with Crippen LogP contribution in [0.5, 0.6) is 11.5 Å². The normalized spacial score (nSPS) is 11.6. The smallest absolute Gasteiger partial charge is 0.416 e. The second-order valence-corrected chi connectivity index (χ2v) is 4.92. The molecule has 1 nitrogen and oxygen atoms in total. The quantitative estimate of drug-likeness (QED) is 0.465. The fourth-order valence-corrected chi connectivity index (χ4v) is 1.91. The molecule has 0 aliphatic heterocycles. The summed E-state index contributed by atoms with van der Waals surface area (Å²) in [5.41, 5.74) is -1.54. The van der Waals surface area contributed by atoms with Gasteiger partial charge in [-0.25, -0.2) is 17.6 Å². The van der Waals surface area contributed by atoms with E-state index in [1.807, 2.05) is 0 Å². The van der Waals surface area contributed by atoms with Gasteiger partial charge in [0.2, 0.25) is 0 Å². The Morgan fingerprint density at radius 3 is 1.77 bits per heavy atom. The maximum absolute atomic E-state index is 13.6. The lowest BCUT2D eigenvalue weighted by atomic mass is 10.2. The van der Waals surface area contributed by atoms with E-state index in [-0.39, 0.29) is 16.6 Å². The molecule has 0 spiro atoms. The third-order valence-corrected chi connectivity index (χ3v) is 3.13. The largest absolute Gasteiger partial charge is 0.450 e. The molecule has 2 aromatic carbocycles. The Bertz CT molecular complexity index is 704. The Labute approximate surface area is 127 Å². The maximum Gasteiger partial charge on any atom is 0.416 e. The van der Waals surface area contributed by atoms with Crippen LogP contribution in [0.25, 0.3) is 0 Å². The monoisotopic (exact) mass is 388 g/mol. The molecule has 0 saturated carbocycles. The highest BCUT2D eigenvalue weighted by Crippen LogP contribution is 2.37. The first-order valence-corrected chi connectivity index (χ1v) is 6.27. The van der Waals surface area contributed by atoms with Gasteiger partial charge in [0.05, 0.1) is 10.0 Å². The summed E-state index contributed by atoms with van der Waals surface area (Å²) in [6, 6.07) is 1.21. The van der Waals surface area contributed by atoms with Gasteiger partial charge in [-0.1, -0.05) is 0 Å². The number of halogens is 8. The number of ether oxygens (including phenoxy) is 1. The lowest BCUT2D eigenvalue weighted by Crippen LogP contribution is -2.07. The van der Waals surface area contributed by atoms with Gasteiger partial charge < -0.3 is 4.74 Å². The molecule has 0 aromatic heterocycles. The number of rotatable bonds is 2. The molecule has 0 bridgehead atoms. The summed E-state index contributed by atoms with van der Waals surface area (Å²) in [5.74, 6) is -7.54. The maximum atomic E-state index is 13.6. The van der Waals surface area contributed by atoms with Crippen molar-refractivity contribution in [2.75, 3.05) is 0 Å². The van der Waals surface area contributed by atoms with E-state index in [1.54, 1.807) is 0 Å². The van der Waals surface area contributed by atoms with Crippen molar-refractivity contribution in [3.05, 3.63) is 57.6 Å². The summed E-state index contributed by atoms with van der Waals surface area (Å²) in [7, 11) is 0. The van der Waals surface area contributed by atoms with Gasteiger partial charge in [-0.05, 0) is 34.1 Å². The molecule has 9 heteroatoms. The van der Waals surface area contributed by atoms with Crippen molar-refractivity contribution in [2.24, 2.45) is 0 Å². The summed E-state index contributed by atoms with van der Waals surface area (Å²) < 4.78 is 94.9. The fourth-order valence-electron chi connectivity index (χ4n) is 1.51. The van der Waals surface area contributed by atoms with Gasteiger partial charge in [0, 0.05) is 6.07 Å². The van der Waals surface area contributed by atoms with Gasteiger partial charge in [-0.2, -0.15) is 13.2 Å². The van der Waals surface area contributed by atoms with E-state index in [9.17, 15) is 30.7 Å². The van der Waals surface area contributed by atoms with Crippen LogP contribution in [0.1, 0.15) is 5.56 Å². The lowest BCUT2D eigenvalue weighted by molar-refractivity contribution is -0.138. The van der Waals surface area contributed by atoms with Crippen LogP contribution in [0, 0.1) is 23.3 Å². The number of hydrogen-bond acceptors (Lipinski definition) is 1. The molecular formula is C13H4BrF7O. The lowest BCUT2D eigenvalue weighted by Gasteiger charge is -2.12. The van der Waals surface area contributed by atoms with Crippen LogP contribution in [0.3, 0.4) is 0 Å². The van der Waals surface area contributed by atoms with Crippen molar-refractivity contribution in [1.82, 2.24) is 0 Å². The molecule has 0 unspecified atom stereocenters. The van der Waals surface area contributed by atoms with Gasteiger partial charge in [0.25, 0.3) is 0 Å². The van der Waals surface area contributed by atoms with Crippen LogP contribution in [-0.4, -0.2) is 0 Å². The van der Waals surface area contributed by atoms with E-state index < -0.39 is 46.5 Å². The molecule has 22 heavy (non-hydrogen) atoms. The Hall–Kier alpha value is -1.77. The highest BCUT2D eigenvalue weighted by atomic mass is 79.9. The van der Waals surface area contributed by atoms with Crippen molar-refractivity contribution in [3.63, 3.8) is 0 Å². The Morgan fingerprint density at radius 1 is 0.773 bits per heavy atom. The SMILES string of the molecule is Fc1cc(Br)c(Oc2c(F)cc(C(F)(F)F)cc2F)cc1F. The Balaban J connectivity index is 2.45. The molecule has 0 aliphatic rings. The molecule has 0 amide bonds. The molecule has 0 fully saturated rings. The van der Waals surface area contributed by atoms with E-state index in [0.29, 0.717) is 12.1 Å². The molecule has 0 N–H and O–H groups in total. The highest BCUT2D eigenvalue weighted by molar-refractivity contribution is 9.10. The zero-order chi connectivity index (χ0) is 16.7. The first-order chi connectivity index (χ1) is 10.1. The minimum absolute atomic E-state index is 0.0339. The van der Waals surface area contributed by atoms with Crippen molar-refractivity contribution in [1.29, 1.82) is 0 Å². The number of alkyl halides is 3. The van der Waals surface area contributed by atoms with Crippen molar-refractivity contribution in [2.45, 2.75) is 6.18 Å². The highest BCUT2D eigenvalue weighted by Gasteiger charge is 2.33. The summed E-state index contributed by atoms with van der Waals surface area (Å²) >= 11 is 2.78. The Morgan fingerprint density at radius 2 is 1.27 bits per heavy atom. The van der Waals surface area contributed by atoms with E-state index >= 15 is 0 Å². The molecule has 0 atom stereocenters. The van der Waals surface area contributed by atoms with E-state index in [4.69, 9.17) is 4.74 Å². The second kappa shape index (κ2) is 5.79. The molecule has 0 heterocycles. The number of hydrogen-bond donors (Lipinski definition) is 0. The van der Waals surface area contributed by atoms with Crippen LogP contribution < -0.4 is 4.74 Å². The summed E-state index contributed by atoms with van der Waals surface area (Å²) in [6.07, 6.45) is -4.94. The molecule has 118 valence electrons. The topological polar surface area (TPSA) is 9.23 Å². The third-order valence-electron chi connectivity index (χ3n) is 2.51. The summed E-state index contributed by atoms with van der Waals surface area (Å²) in [6.45, 7) is 0. The van der Waals surface area contributed by atoms with E-state index in [0.717, 1.165) is 0 Å². The fraction of sp³-hybridized carbons (Fsp3) is 0.0769. The Kier molecular flexibility index (Phi) is 4.37. The van der Waals surface area contributed by atoms with Gasteiger partial charge >= 0.3 is 6.18 Å². The zero-order valence-corrected chi connectivity index (χ0v) is 11.8. The second-order valence-electron chi connectivity index (χ2n) is 4.07. The van der Waals surface area contributed by atoms with Crippen molar-refractivity contribution < 1.29 is 35.5 Å². The van der Waals surface area contributed by atoms with Gasteiger partial charge in [-0.15, -0.1) is 0 Å². The average Bonchev–Trinajstić information content (AvgIpc) is 2.38. The van der Waals surface area contributed by atoms with Crippen LogP contribution in [0.4, 0.5) is 30.7 Å². The number of benzene rings is 2. The van der Waals surface area contributed by atoms with Crippen LogP contribution in [0.15, 0.2) is 28.7 Å². The van der Waals surface area contributed by atoms with E-state index in [1.165, 1.54) is 0 Å². The first kappa shape index (κ1) is 16.6. The predicted molar refractivity (Wildman–Crippen MR) is 65.5 cm³/mol. The van der Waals surface area contributed by atoms with Gasteiger partial charge in [-0.3, -0.25) is 0 Å². The molecule has 0 aliphatic carbocycles. The molecule has 2 rings (SSSR count). The molecular weight excluding hydrogens is 385 g/mol. The molecule has 0 radical (unpaired) electrons. The van der Waals surface area contributed by atoms with Crippen molar-refractivity contribution >= 4 is 15.9 Å². The predicted octanol–water partition coefficient (Wildman–Crippen LogP) is 5.82.